The van der Waals surface area contributed by atoms with E-state index in [0.717, 1.165) is 12.0 Å². The molecule has 0 saturated carbocycles. The molecule has 1 aliphatic rings. The molecule has 1 heterocycles. The van der Waals surface area contributed by atoms with Crippen LogP contribution in [-0.4, -0.2) is 25.9 Å². The maximum Gasteiger partial charge on any atom is 0.100 e. The second-order valence-corrected chi connectivity index (χ2v) is 4.11. The Hall–Kier alpha value is -0.900. The predicted octanol–water partition coefficient (Wildman–Crippen LogP) is 1.66. The number of hydrogen-bond donors (Lipinski definition) is 1. The highest BCUT2D eigenvalue weighted by Gasteiger charge is 2.23. The fourth-order valence-electron chi connectivity index (χ4n) is 1.90. The average Bonchev–Trinajstić information content (AvgIpc) is 2.39. The maximum absolute atomic E-state index is 6.16. The summed E-state index contributed by atoms with van der Waals surface area (Å²) in [6, 6.07) is 8.33. The Morgan fingerprint density at radius 2 is 2.06 bits per heavy atom. The minimum atomic E-state index is -0.0915. The molecule has 2 N–H and O–H groups in total. The van der Waals surface area contributed by atoms with Gasteiger partial charge in [-0.15, -0.1) is 0 Å². The van der Waals surface area contributed by atoms with Crippen LogP contribution in [0.5, 0.6) is 0 Å². The summed E-state index contributed by atoms with van der Waals surface area (Å²) in [4.78, 5) is 0. The van der Waals surface area contributed by atoms with Gasteiger partial charge in [-0.2, -0.15) is 0 Å². The standard InChI is InChI=1S/C13H19NO2/c1-2-10-3-5-11(6-4-10)13(14)12-9-15-7-8-16-12/h3-6,12-13H,2,7-9,14H2,1H3. The van der Waals surface area contributed by atoms with Crippen LogP contribution in [0.4, 0.5) is 0 Å². The third-order valence-corrected chi connectivity index (χ3v) is 3.02. The van der Waals surface area contributed by atoms with Crippen molar-refractivity contribution in [2.75, 3.05) is 19.8 Å². The van der Waals surface area contributed by atoms with E-state index in [-0.39, 0.29) is 12.1 Å². The van der Waals surface area contributed by atoms with Crippen LogP contribution in [0.3, 0.4) is 0 Å². The molecule has 0 amide bonds. The van der Waals surface area contributed by atoms with Gasteiger partial charge in [-0.1, -0.05) is 31.2 Å². The van der Waals surface area contributed by atoms with Crippen molar-refractivity contribution in [2.45, 2.75) is 25.5 Å². The van der Waals surface area contributed by atoms with Gasteiger partial charge < -0.3 is 15.2 Å². The van der Waals surface area contributed by atoms with Crippen LogP contribution in [0.25, 0.3) is 0 Å². The Balaban J connectivity index is 2.04. The molecule has 3 nitrogen and oxygen atoms in total. The molecule has 0 radical (unpaired) electrons. The summed E-state index contributed by atoms with van der Waals surface area (Å²) >= 11 is 0. The maximum atomic E-state index is 6.16. The third-order valence-electron chi connectivity index (χ3n) is 3.02. The van der Waals surface area contributed by atoms with E-state index >= 15 is 0 Å². The monoisotopic (exact) mass is 221 g/mol. The molecule has 3 heteroatoms. The third kappa shape index (κ3) is 2.61. The molecule has 0 bridgehead atoms. The van der Waals surface area contributed by atoms with E-state index in [9.17, 15) is 0 Å². The number of hydrogen-bond acceptors (Lipinski definition) is 3. The van der Waals surface area contributed by atoms with Crippen molar-refractivity contribution >= 4 is 0 Å². The predicted molar refractivity (Wildman–Crippen MR) is 63.3 cm³/mol. The lowest BCUT2D eigenvalue weighted by Gasteiger charge is -2.28. The zero-order chi connectivity index (χ0) is 11.4. The van der Waals surface area contributed by atoms with Gasteiger partial charge in [0.1, 0.15) is 6.10 Å². The van der Waals surface area contributed by atoms with Crippen LogP contribution in [0.15, 0.2) is 24.3 Å². The summed E-state index contributed by atoms with van der Waals surface area (Å²) < 4.78 is 11.0. The first kappa shape index (κ1) is 11.6. The van der Waals surface area contributed by atoms with E-state index in [4.69, 9.17) is 15.2 Å². The zero-order valence-electron chi connectivity index (χ0n) is 9.69. The van der Waals surface area contributed by atoms with E-state index < -0.39 is 0 Å². The van der Waals surface area contributed by atoms with Crippen molar-refractivity contribution in [1.29, 1.82) is 0 Å². The molecule has 1 aromatic carbocycles. The molecule has 88 valence electrons. The molecular weight excluding hydrogens is 202 g/mol. The molecule has 16 heavy (non-hydrogen) atoms. The zero-order valence-corrected chi connectivity index (χ0v) is 9.69. The van der Waals surface area contributed by atoms with Gasteiger partial charge in [-0.05, 0) is 17.5 Å². The van der Waals surface area contributed by atoms with Crippen LogP contribution in [0.1, 0.15) is 24.1 Å². The van der Waals surface area contributed by atoms with Gasteiger partial charge in [-0.25, -0.2) is 0 Å². The highest BCUT2D eigenvalue weighted by molar-refractivity contribution is 5.25. The van der Waals surface area contributed by atoms with Crippen LogP contribution in [0.2, 0.25) is 0 Å². The van der Waals surface area contributed by atoms with Crippen LogP contribution < -0.4 is 5.73 Å². The molecule has 0 spiro atoms. The molecule has 1 aliphatic heterocycles. The minimum absolute atomic E-state index is 0.0128. The summed E-state index contributed by atoms with van der Waals surface area (Å²) in [5.41, 5.74) is 8.60. The van der Waals surface area contributed by atoms with E-state index in [1.54, 1.807) is 0 Å². The first-order chi connectivity index (χ1) is 7.81. The SMILES string of the molecule is CCc1ccc(C(N)C2COCCO2)cc1. The average molecular weight is 221 g/mol. The van der Waals surface area contributed by atoms with E-state index in [2.05, 4.69) is 31.2 Å². The van der Waals surface area contributed by atoms with Gasteiger partial charge >= 0.3 is 0 Å². The molecule has 2 unspecified atom stereocenters. The van der Waals surface area contributed by atoms with Crippen molar-refractivity contribution < 1.29 is 9.47 Å². The topological polar surface area (TPSA) is 44.5 Å². The van der Waals surface area contributed by atoms with Crippen molar-refractivity contribution in [2.24, 2.45) is 5.73 Å². The Kier molecular flexibility index (Phi) is 3.93. The van der Waals surface area contributed by atoms with Gasteiger partial charge in [0, 0.05) is 0 Å². The lowest BCUT2D eigenvalue weighted by Crippen LogP contribution is -2.37. The lowest BCUT2D eigenvalue weighted by molar-refractivity contribution is -0.0975. The van der Waals surface area contributed by atoms with Crippen LogP contribution in [0, 0.1) is 0 Å². The Labute approximate surface area is 96.5 Å². The molecule has 1 saturated heterocycles. The van der Waals surface area contributed by atoms with Gasteiger partial charge in [0.2, 0.25) is 0 Å². The fourth-order valence-corrected chi connectivity index (χ4v) is 1.90. The summed E-state index contributed by atoms with van der Waals surface area (Å²) in [5.74, 6) is 0. The summed E-state index contributed by atoms with van der Waals surface area (Å²) in [6.07, 6.45) is 1.04. The minimum Gasteiger partial charge on any atom is -0.376 e. The van der Waals surface area contributed by atoms with Gasteiger partial charge in [0.05, 0.1) is 25.9 Å². The van der Waals surface area contributed by atoms with Crippen molar-refractivity contribution in [3.05, 3.63) is 35.4 Å². The van der Waals surface area contributed by atoms with Gasteiger partial charge in [0.25, 0.3) is 0 Å². The van der Waals surface area contributed by atoms with E-state index in [1.165, 1.54) is 5.56 Å². The largest absolute Gasteiger partial charge is 0.376 e. The van der Waals surface area contributed by atoms with Crippen molar-refractivity contribution in [3.63, 3.8) is 0 Å². The number of benzene rings is 1. The summed E-state index contributed by atoms with van der Waals surface area (Å²) in [5, 5.41) is 0. The van der Waals surface area contributed by atoms with Crippen molar-refractivity contribution in [1.82, 2.24) is 0 Å². The number of aryl methyl sites for hydroxylation is 1. The number of nitrogens with two attached hydrogens (primary N) is 1. The Morgan fingerprint density at radius 1 is 1.31 bits per heavy atom. The molecule has 1 aromatic rings. The molecule has 2 atom stereocenters. The molecular formula is C13H19NO2. The Bertz CT molecular complexity index is 317. The van der Waals surface area contributed by atoms with Crippen molar-refractivity contribution in [3.8, 4) is 0 Å². The Morgan fingerprint density at radius 3 is 2.62 bits per heavy atom. The quantitative estimate of drug-likeness (QED) is 0.844. The van der Waals surface area contributed by atoms with Crippen LogP contribution in [-0.2, 0) is 15.9 Å². The second-order valence-electron chi connectivity index (χ2n) is 4.11. The summed E-state index contributed by atoms with van der Waals surface area (Å²) in [6.45, 7) is 4.06. The van der Waals surface area contributed by atoms with Gasteiger partial charge in [0.15, 0.2) is 0 Å². The number of ether oxygens (including phenoxy) is 2. The first-order valence-electron chi connectivity index (χ1n) is 5.85. The second kappa shape index (κ2) is 5.43. The molecule has 0 aromatic heterocycles. The molecule has 0 aliphatic carbocycles. The van der Waals surface area contributed by atoms with Gasteiger partial charge in [-0.3, -0.25) is 0 Å². The smallest absolute Gasteiger partial charge is 0.100 e. The molecule has 1 fully saturated rings. The normalized spacial score (nSPS) is 23.0. The lowest BCUT2D eigenvalue weighted by atomic mass is 10.0. The highest BCUT2D eigenvalue weighted by Crippen LogP contribution is 2.19. The summed E-state index contributed by atoms with van der Waals surface area (Å²) in [7, 11) is 0. The highest BCUT2D eigenvalue weighted by atomic mass is 16.6. The van der Waals surface area contributed by atoms with E-state index in [1.807, 2.05) is 0 Å². The first-order valence-corrected chi connectivity index (χ1v) is 5.85. The molecule has 2 rings (SSSR count). The number of rotatable bonds is 3. The van der Waals surface area contributed by atoms with E-state index in [0.29, 0.717) is 19.8 Å². The van der Waals surface area contributed by atoms with Crippen LogP contribution >= 0.6 is 0 Å². The fraction of sp³-hybridized carbons (Fsp3) is 0.538.